The SMILES string of the molecule is COc1ccccc1CNC(=O)[C@@H](C)N(c1cc(C)cc(C)c1)S(C)(=O)=O. The van der Waals surface area contributed by atoms with Crippen LogP contribution in [-0.4, -0.2) is 33.7 Å². The van der Waals surface area contributed by atoms with Crippen LogP contribution in [0.25, 0.3) is 0 Å². The molecule has 0 unspecified atom stereocenters. The Balaban J connectivity index is 2.25. The first kappa shape index (κ1) is 20.8. The monoisotopic (exact) mass is 390 g/mol. The molecule has 0 spiro atoms. The molecule has 1 amide bonds. The van der Waals surface area contributed by atoms with Crippen molar-refractivity contribution in [3.63, 3.8) is 0 Å². The summed E-state index contributed by atoms with van der Waals surface area (Å²) in [4.78, 5) is 12.7. The van der Waals surface area contributed by atoms with Crippen LogP contribution in [0.4, 0.5) is 5.69 Å². The first-order valence-electron chi connectivity index (χ1n) is 8.60. The highest BCUT2D eigenvalue weighted by atomic mass is 32.2. The lowest BCUT2D eigenvalue weighted by Gasteiger charge is -2.29. The fourth-order valence-electron chi connectivity index (χ4n) is 3.07. The van der Waals surface area contributed by atoms with E-state index in [4.69, 9.17) is 4.74 Å². The molecule has 0 radical (unpaired) electrons. The first-order valence-corrected chi connectivity index (χ1v) is 10.5. The van der Waals surface area contributed by atoms with Crippen molar-refractivity contribution in [2.75, 3.05) is 17.7 Å². The number of para-hydroxylation sites is 1. The second-order valence-electron chi connectivity index (χ2n) is 6.61. The van der Waals surface area contributed by atoms with E-state index in [1.165, 1.54) is 0 Å². The summed E-state index contributed by atoms with van der Waals surface area (Å²) in [5, 5.41) is 2.80. The maximum Gasteiger partial charge on any atom is 0.243 e. The highest BCUT2D eigenvalue weighted by Gasteiger charge is 2.29. The molecule has 0 aliphatic heterocycles. The fraction of sp³-hybridized carbons (Fsp3) is 0.350. The summed E-state index contributed by atoms with van der Waals surface area (Å²) >= 11 is 0. The summed E-state index contributed by atoms with van der Waals surface area (Å²) in [6.07, 6.45) is 1.11. The predicted octanol–water partition coefficient (Wildman–Crippen LogP) is 2.78. The number of carbonyl (C=O) groups excluding carboxylic acids is 1. The number of carbonyl (C=O) groups is 1. The van der Waals surface area contributed by atoms with Gasteiger partial charge in [0.1, 0.15) is 11.8 Å². The number of nitrogens with one attached hydrogen (secondary N) is 1. The van der Waals surface area contributed by atoms with E-state index >= 15 is 0 Å². The molecule has 27 heavy (non-hydrogen) atoms. The van der Waals surface area contributed by atoms with Crippen LogP contribution in [0.3, 0.4) is 0 Å². The van der Waals surface area contributed by atoms with Crippen molar-refractivity contribution in [1.82, 2.24) is 5.32 Å². The largest absolute Gasteiger partial charge is 0.496 e. The Morgan fingerprint density at radius 3 is 2.30 bits per heavy atom. The molecule has 0 aromatic heterocycles. The molecule has 0 heterocycles. The van der Waals surface area contributed by atoms with Crippen LogP contribution in [0.15, 0.2) is 42.5 Å². The van der Waals surface area contributed by atoms with E-state index in [0.29, 0.717) is 11.4 Å². The Hall–Kier alpha value is -2.54. The molecule has 1 atom stereocenters. The Morgan fingerprint density at radius 2 is 1.74 bits per heavy atom. The summed E-state index contributed by atoms with van der Waals surface area (Å²) in [6, 6.07) is 11.9. The van der Waals surface area contributed by atoms with E-state index < -0.39 is 16.1 Å². The van der Waals surface area contributed by atoms with Crippen LogP contribution in [0.5, 0.6) is 5.75 Å². The van der Waals surface area contributed by atoms with E-state index in [0.717, 1.165) is 27.3 Å². The van der Waals surface area contributed by atoms with Crippen molar-refractivity contribution in [1.29, 1.82) is 0 Å². The number of sulfonamides is 1. The van der Waals surface area contributed by atoms with Crippen LogP contribution in [0.2, 0.25) is 0 Å². The second-order valence-corrected chi connectivity index (χ2v) is 8.47. The molecule has 0 saturated heterocycles. The van der Waals surface area contributed by atoms with Crippen molar-refractivity contribution < 1.29 is 17.9 Å². The molecule has 2 rings (SSSR count). The molecule has 0 aliphatic carbocycles. The van der Waals surface area contributed by atoms with E-state index in [1.807, 2.05) is 44.2 Å². The number of hydrogen-bond donors (Lipinski definition) is 1. The summed E-state index contributed by atoms with van der Waals surface area (Å²) in [5.41, 5.74) is 3.16. The van der Waals surface area contributed by atoms with Gasteiger partial charge in [-0.25, -0.2) is 8.42 Å². The Morgan fingerprint density at radius 1 is 1.15 bits per heavy atom. The lowest BCUT2D eigenvalue weighted by molar-refractivity contribution is -0.122. The number of benzene rings is 2. The highest BCUT2D eigenvalue weighted by Crippen LogP contribution is 2.24. The van der Waals surface area contributed by atoms with Gasteiger partial charge in [0.05, 0.1) is 19.1 Å². The second kappa shape index (κ2) is 8.43. The van der Waals surface area contributed by atoms with Crippen molar-refractivity contribution in [2.24, 2.45) is 0 Å². The normalized spacial score (nSPS) is 12.3. The third kappa shape index (κ3) is 5.23. The highest BCUT2D eigenvalue weighted by molar-refractivity contribution is 7.92. The number of amides is 1. The van der Waals surface area contributed by atoms with Gasteiger partial charge < -0.3 is 10.1 Å². The van der Waals surface area contributed by atoms with Gasteiger partial charge in [0.2, 0.25) is 15.9 Å². The molecule has 0 bridgehead atoms. The minimum Gasteiger partial charge on any atom is -0.496 e. The summed E-state index contributed by atoms with van der Waals surface area (Å²) in [7, 11) is -2.08. The van der Waals surface area contributed by atoms with E-state index in [9.17, 15) is 13.2 Å². The zero-order valence-corrected chi connectivity index (χ0v) is 17.1. The van der Waals surface area contributed by atoms with E-state index in [-0.39, 0.29) is 12.5 Å². The van der Waals surface area contributed by atoms with Gasteiger partial charge in [-0.1, -0.05) is 24.3 Å². The van der Waals surface area contributed by atoms with Gasteiger partial charge in [0, 0.05) is 12.1 Å². The quantitative estimate of drug-likeness (QED) is 0.789. The number of nitrogens with zero attached hydrogens (tertiary/aromatic N) is 1. The van der Waals surface area contributed by atoms with Gasteiger partial charge in [0.25, 0.3) is 0 Å². The lowest BCUT2D eigenvalue weighted by atomic mass is 10.1. The molecular weight excluding hydrogens is 364 g/mol. The molecule has 0 aliphatic rings. The van der Waals surface area contributed by atoms with Gasteiger partial charge in [-0.3, -0.25) is 9.10 Å². The number of aryl methyl sites for hydroxylation is 2. The lowest BCUT2D eigenvalue weighted by Crippen LogP contribution is -2.47. The van der Waals surface area contributed by atoms with Crippen LogP contribution in [0, 0.1) is 13.8 Å². The van der Waals surface area contributed by atoms with Crippen LogP contribution in [0.1, 0.15) is 23.6 Å². The average Bonchev–Trinajstić information content (AvgIpc) is 2.57. The van der Waals surface area contributed by atoms with E-state index in [2.05, 4.69) is 5.32 Å². The standard InChI is InChI=1S/C20H26N2O4S/c1-14-10-15(2)12-18(11-14)22(27(5,24)25)16(3)20(23)21-13-17-8-6-7-9-19(17)26-4/h6-12,16H,13H2,1-5H3,(H,21,23)/t16-/m1/s1. The molecule has 1 N–H and O–H groups in total. The smallest absolute Gasteiger partial charge is 0.243 e. The molecule has 7 heteroatoms. The van der Waals surface area contributed by atoms with E-state index in [1.54, 1.807) is 26.2 Å². The van der Waals surface area contributed by atoms with Gasteiger partial charge in [-0.2, -0.15) is 0 Å². The predicted molar refractivity (Wildman–Crippen MR) is 108 cm³/mol. The Labute approximate surface area is 161 Å². The van der Waals surface area contributed by atoms with Crippen molar-refractivity contribution in [3.8, 4) is 5.75 Å². The van der Waals surface area contributed by atoms with Crippen LogP contribution >= 0.6 is 0 Å². The molecule has 2 aromatic carbocycles. The van der Waals surface area contributed by atoms with Crippen LogP contribution in [-0.2, 0) is 21.4 Å². The Kier molecular flexibility index (Phi) is 6.49. The van der Waals surface area contributed by atoms with Crippen molar-refractivity contribution in [3.05, 3.63) is 59.2 Å². The number of hydrogen-bond acceptors (Lipinski definition) is 4. The van der Waals surface area contributed by atoms with Gasteiger partial charge in [-0.05, 0) is 50.1 Å². The number of methoxy groups -OCH3 is 1. The van der Waals surface area contributed by atoms with Gasteiger partial charge in [0.15, 0.2) is 0 Å². The van der Waals surface area contributed by atoms with Crippen molar-refractivity contribution >= 4 is 21.6 Å². The molecule has 146 valence electrons. The zero-order chi connectivity index (χ0) is 20.2. The van der Waals surface area contributed by atoms with Gasteiger partial charge >= 0.3 is 0 Å². The minimum atomic E-state index is -3.64. The third-order valence-electron chi connectivity index (χ3n) is 4.20. The summed E-state index contributed by atoms with van der Waals surface area (Å²) < 4.78 is 31.2. The van der Waals surface area contributed by atoms with Crippen LogP contribution < -0.4 is 14.4 Å². The fourth-order valence-corrected chi connectivity index (χ4v) is 4.22. The number of ether oxygens (including phenoxy) is 1. The Bertz CT molecular complexity index is 905. The summed E-state index contributed by atoms with van der Waals surface area (Å²) in [6.45, 7) is 5.61. The maximum absolute atomic E-state index is 12.7. The molecule has 2 aromatic rings. The topological polar surface area (TPSA) is 75.7 Å². The number of rotatable bonds is 7. The third-order valence-corrected chi connectivity index (χ3v) is 5.44. The molecule has 0 saturated carbocycles. The van der Waals surface area contributed by atoms with Crippen molar-refractivity contribution in [2.45, 2.75) is 33.4 Å². The molecule has 0 fully saturated rings. The first-order chi connectivity index (χ1) is 12.6. The average molecular weight is 391 g/mol. The molecular formula is C20H26N2O4S. The minimum absolute atomic E-state index is 0.248. The summed E-state index contributed by atoms with van der Waals surface area (Å²) in [5.74, 6) is 0.283. The zero-order valence-electron chi connectivity index (χ0n) is 16.3. The maximum atomic E-state index is 12.7. The number of anilines is 1. The molecule has 6 nitrogen and oxygen atoms in total. The van der Waals surface area contributed by atoms with Gasteiger partial charge in [-0.15, -0.1) is 0 Å².